The van der Waals surface area contributed by atoms with Crippen molar-refractivity contribution in [1.29, 1.82) is 0 Å². The zero-order chi connectivity index (χ0) is 21.4. The van der Waals surface area contributed by atoms with Gasteiger partial charge in [-0.2, -0.15) is 0 Å². The van der Waals surface area contributed by atoms with Gasteiger partial charge in [0.2, 0.25) is 15.9 Å². The normalized spacial score (nSPS) is 18.9. The van der Waals surface area contributed by atoms with E-state index in [4.69, 9.17) is 4.74 Å². The van der Waals surface area contributed by atoms with Gasteiger partial charge in [0.1, 0.15) is 23.2 Å². The Kier molecular flexibility index (Phi) is 5.58. The number of rotatable bonds is 5. The van der Waals surface area contributed by atoms with Crippen LogP contribution in [-0.2, 0) is 14.8 Å². The van der Waals surface area contributed by atoms with Crippen LogP contribution in [0.15, 0.2) is 48.5 Å². The van der Waals surface area contributed by atoms with Crippen LogP contribution in [0.2, 0.25) is 0 Å². The van der Waals surface area contributed by atoms with Gasteiger partial charge in [-0.3, -0.25) is 9.10 Å². The van der Waals surface area contributed by atoms with E-state index in [0.717, 1.165) is 22.2 Å². The van der Waals surface area contributed by atoms with Crippen molar-refractivity contribution in [3.63, 3.8) is 0 Å². The zero-order valence-corrected chi connectivity index (χ0v) is 17.7. The first kappa shape index (κ1) is 21.1. The molecule has 1 heterocycles. The molecule has 0 bridgehead atoms. The highest BCUT2D eigenvalue weighted by Crippen LogP contribution is 2.39. The number of carbonyl (C=O) groups excluding carboxylic acids is 1. The van der Waals surface area contributed by atoms with Crippen LogP contribution in [0.1, 0.15) is 38.8 Å². The number of para-hydroxylation sites is 1. The van der Waals surface area contributed by atoms with E-state index in [9.17, 15) is 17.6 Å². The number of amides is 1. The Morgan fingerprint density at radius 3 is 2.59 bits per heavy atom. The lowest BCUT2D eigenvalue weighted by atomic mass is 9.89. The summed E-state index contributed by atoms with van der Waals surface area (Å²) in [7, 11) is -3.82. The van der Waals surface area contributed by atoms with Crippen LogP contribution in [0.25, 0.3) is 0 Å². The fraction of sp³-hybridized carbons (Fsp3) is 0.381. The van der Waals surface area contributed by atoms with Crippen LogP contribution in [-0.4, -0.2) is 32.2 Å². The van der Waals surface area contributed by atoms with Crippen LogP contribution < -0.4 is 14.4 Å². The molecular weight excluding hydrogens is 395 g/mol. The number of benzene rings is 2. The molecule has 0 fully saturated rings. The molecular formula is C21H25FN2O4S. The minimum Gasteiger partial charge on any atom is -0.487 e. The molecule has 0 spiro atoms. The first-order chi connectivity index (χ1) is 13.5. The second-order valence-corrected chi connectivity index (χ2v) is 9.74. The first-order valence-electron chi connectivity index (χ1n) is 9.31. The monoisotopic (exact) mass is 420 g/mol. The highest BCUT2D eigenvalue weighted by atomic mass is 32.2. The van der Waals surface area contributed by atoms with Crippen LogP contribution in [0.4, 0.5) is 10.1 Å². The summed E-state index contributed by atoms with van der Waals surface area (Å²) in [6.45, 7) is 5.35. The molecule has 2 aromatic carbocycles. The third kappa shape index (κ3) is 4.70. The molecule has 2 aromatic rings. The maximum atomic E-state index is 13.7. The molecule has 8 heteroatoms. The van der Waals surface area contributed by atoms with Gasteiger partial charge in [0.25, 0.3) is 0 Å². The Bertz CT molecular complexity index is 1020. The van der Waals surface area contributed by atoms with E-state index in [1.165, 1.54) is 25.1 Å². The summed E-state index contributed by atoms with van der Waals surface area (Å²) in [5, 5.41) is 2.95. The van der Waals surface area contributed by atoms with Crippen LogP contribution in [0, 0.1) is 5.82 Å². The molecule has 1 aliphatic rings. The third-order valence-corrected chi connectivity index (χ3v) is 6.09. The predicted octanol–water partition coefficient (Wildman–Crippen LogP) is 3.40. The number of carbonyl (C=O) groups is 1. The summed E-state index contributed by atoms with van der Waals surface area (Å²) in [5.74, 6) is -0.368. The van der Waals surface area contributed by atoms with Crippen LogP contribution in [0.5, 0.6) is 5.75 Å². The highest BCUT2D eigenvalue weighted by molar-refractivity contribution is 7.92. The van der Waals surface area contributed by atoms with Gasteiger partial charge in [-0.05, 0) is 45.0 Å². The molecule has 1 aliphatic heterocycles. The quantitative estimate of drug-likeness (QED) is 0.805. The SMILES string of the molecule is C[C@@H](C(=O)N[C@H]1CC(C)(C)Oc2ccccc21)N(c1cccc(F)c1)S(C)(=O)=O. The van der Waals surface area contributed by atoms with Crippen molar-refractivity contribution in [3.05, 3.63) is 59.9 Å². The van der Waals surface area contributed by atoms with Crippen molar-refractivity contribution >= 4 is 21.6 Å². The highest BCUT2D eigenvalue weighted by Gasteiger charge is 2.36. The molecule has 0 aliphatic carbocycles. The molecule has 2 atom stereocenters. The van der Waals surface area contributed by atoms with E-state index in [-0.39, 0.29) is 11.7 Å². The Labute approximate surface area is 170 Å². The fourth-order valence-corrected chi connectivity index (χ4v) is 4.81. The summed E-state index contributed by atoms with van der Waals surface area (Å²) in [6.07, 6.45) is 1.52. The maximum Gasteiger partial charge on any atom is 0.244 e. The molecule has 1 N–H and O–H groups in total. The largest absolute Gasteiger partial charge is 0.487 e. The molecule has 1 amide bonds. The second kappa shape index (κ2) is 7.67. The van der Waals surface area contributed by atoms with Gasteiger partial charge in [-0.1, -0.05) is 24.3 Å². The predicted molar refractivity (Wildman–Crippen MR) is 110 cm³/mol. The Morgan fingerprint density at radius 1 is 1.24 bits per heavy atom. The van der Waals surface area contributed by atoms with Crippen molar-refractivity contribution < 1.29 is 22.3 Å². The molecule has 0 saturated carbocycles. The van der Waals surface area contributed by atoms with Gasteiger partial charge in [0.15, 0.2) is 0 Å². The minimum absolute atomic E-state index is 0.0999. The molecule has 156 valence electrons. The topological polar surface area (TPSA) is 75.7 Å². The number of anilines is 1. The average Bonchev–Trinajstić information content (AvgIpc) is 2.59. The molecule has 3 rings (SSSR count). The molecule has 0 aromatic heterocycles. The maximum absolute atomic E-state index is 13.7. The Hall–Kier alpha value is -2.61. The van der Waals surface area contributed by atoms with Crippen molar-refractivity contribution in [1.82, 2.24) is 5.32 Å². The van der Waals surface area contributed by atoms with Crippen LogP contribution in [0.3, 0.4) is 0 Å². The van der Waals surface area contributed by atoms with Crippen LogP contribution >= 0.6 is 0 Å². The summed E-state index contributed by atoms with van der Waals surface area (Å²) in [6, 6.07) is 11.2. The number of fused-ring (bicyclic) bond motifs is 1. The number of sulfonamides is 1. The number of hydrogen-bond donors (Lipinski definition) is 1. The Balaban J connectivity index is 1.89. The van der Waals surface area contributed by atoms with Crippen molar-refractivity contribution in [3.8, 4) is 5.75 Å². The molecule has 0 saturated heterocycles. The van der Waals surface area contributed by atoms with Gasteiger partial charge >= 0.3 is 0 Å². The van der Waals surface area contributed by atoms with Crippen molar-refractivity contribution in [2.75, 3.05) is 10.6 Å². The molecule has 0 unspecified atom stereocenters. The van der Waals surface area contributed by atoms with Gasteiger partial charge in [-0.25, -0.2) is 12.8 Å². The number of nitrogens with zero attached hydrogens (tertiary/aromatic N) is 1. The number of ether oxygens (including phenoxy) is 1. The van der Waals surface area contributed by atoms with E-state index in [0.29, 0.717) is 12.2 Å². The molecule has 0 radical (unpaired) electrons. The van der Waals surface area contributed by atoms with E-state index < -0.39 is 33.4 Å². The second-order valence-electron chi connectivity index (χ2n) is 7.88. The van der Waals surface area contributed by atoms with Gasteiger partial charge in [-0.15, -0.1) is 0 Å². The van der Waals surface area contributed by atoms with Gasteiger partial charge < -0.3 is 10.1 Å². The lowest BCUT2D eigenvalue weighted by Gasteiger charge is -2.38. The first-order valence-corrected chi connectivity index (χ1v) is 11.2. The molecule has 29 heavy (non-hydrogen) atoms. The summed E-state index contributed by atoms with van der Waals surface area (Å²) in [4.78, 5) is 13.0. The summed E-state index contributed by atoms with van der Waals surface area (Å²) >= 11 is 0. The summed E-state index contributed by atoms with van der Waals surface area (Å²) in [5.41, 5.74) is 0.445. The van der Waals surface area contributed by atoms with Gasteiger partial charge in [0.05, 0.1) is 18.0 Å². The zero-order valence-electron chi connectivity index (χ0n) is 16.8. The summed E-state index contributed by atoms with van der Waals surface area (Å²) < 4.78 is 45.3. The smallest absolute Gasteiger partial charge is 0.244 e. The van der Waals surface area contributed by atoms with E-state index in [1.807, 2.05) is 38.1 Å². The average molecular weight is 421 g/mol. The molecule has 6 nitrogen and oxygen atoms in total. The van der Waals surface area contributed by atoms with E-state index in [2.05, 4.69) is 5.32 Å². The van der Waals surface area contributed by atoms with E-state index >= 15 is 0 Å². The third-order valence-electron chi connectivity index (χ3n) is 4.84. The fourth-order valence-electron chi connectivity index (χ4n) is 3.65. The van der Waals surface area contributed by atoms with Crippen molar-refractivity contribution in [2.24, 2.45) is 0 Å². The van der Waals surface area contributed by atoms with Gasteiger partial charge in [0, 0.05) is 12.0 Å². The number of nitrogens with one attached hydrogen (secondary N) is 1. The number of hydrogen-bond acceptors (Lipinski definition) is 4. The standard InChI is InChI=1S/C21H25FN2O4S/c1-14(24(29(4,26)27)16-9-7-8-15(22)12-16)20(25)23-18-13-21(2,3)28-19-11-6-5-10-17(18)19/h5-12,14,18H,13H2,1-4H3,(H,23,25)/t14-,18-/m0/s1. The van der Waals surface area contributed by atoms with E-state index in [1.54, 1.807) is 0 Å². The lowest BCUT2D eigenvalue weighted by Crippen LogP contribution is -2.50. The lowest BCUT2D eigenvalue weighted by molar-refractivity contribution is -0.123. The van der Waals surface area contributed by atoms with Crippen molar-refractivity contribution in [2.45, 2.75) is 44.9 Å². The Morgan fingerprint density at radius 2 is 1.93 bits per heavy atom. The minimum atomic E-state index is -3.82. The number of halogens is 1.